The molecule has 1 saturated heterocycles. The molecule has 23 heavy (non-hydrogen) atoms. The van der Waals surface area contributed by atoms with Gasteiger partial charge in [0.15, 0.2) is 0 Å². The number of hydrogen-bond acceptors (Lipinski definition) is 4. The largest absolute Gasteiger partial charge is 0.379 e. The van der Waals surface area contributed by atoms with Gasteiger partial charge in [0, 0.05) is 45.6 Å². The van der Waals surface area contributed by atoms with Crippen LogP contribution in [-0.4, -0.2) is 62.1 Å². The van der Waals surface area contributed by atoms with Crippen molar-refractivity contribution in [1.29, 1.82) is 0 Å². The molecule has 6 heteroatoms. The summed E-state index contributed by atoms with van der Waals surface area (Å²) >= 11 is 0. The van der Waals surface area contributed by atoms with Crippen molar-refractivity contribution in [2.24, 2.45) is 5.92 Å². The smallest absolute Gasteiger partial charge is 0.220 e. The van der Waals surface area contributed by atoms with Gasteiger partial charge in [-0.3, -0.25) is 14.5 Å². The van der Waals surface area contributed by atoms with E-state index in [1.54, 1.807) is 0 Å². The molecule has 1 unspecified atom stereocenters. The fraction of sp³-hybridized carbons (Fsp3) is 0.882. The Kier molecular flexibility index (Phi) is 9.87. The Morgan fingerprint density at radius 3 is 2.39 bits per heavy atom. The fourth-order valence-corrected chi connectivity index (χ4v) is 2.85. The standard InChI is InChI=1S/C17H33N3O3/c1-14(2)16(20-9-11-23-12-10-20)13-19-17(22)7-5-4-6-8-18-15(3)21/h14,16H,4-13H2,1-3H3,(H,18,21)(H,19,22). The van der Waals surface area contributed by atoms with E-state index in [9.17, 15) is 9.59 Å². The zero-order chi connectivity index (χ0) is 17.1. The van der Waals surface area contributed by atoms with Crippen molar-refractivity contribution in [3.05, 3.63) is 0 Å². The van der Waals surface area contributed by atoms with E-state index in [0.717, 1.165) is 45.6 Å². The Hall–Kier alpha value is -1.14. The van der Waals surface area contributed by atoms with Crippen LogP contribution < -0.4 is 10.6 Å². The van der Waals surface area contributed by atoms with Crippen LogP contribution in [0.25, 0.3) is 0 Å². The minimum atomic E-state index is 0.00517. The van der Waals surface area contributed by atoms with Crippen LogP contribution in [0.15, 0.2) is 0 Å². The monoisotopic (exact) mass is 327 g/mol. The first-order chi connectivity index (χ1) is 11.0. The number of nitrogens with one attached hydrogen (secondary N) is 2. The molecule has 0 aromatic heterocycles. The summed E-state index contributed by atoms with van der Waals surface area (Å²) in [4.78, 5) is 25.1. The second-order valence-electron chi connectivity index (χ2n) is 6.56. The van der Waals surface area contributed by atoms with Gasteiger partial charge in [-0.25, -0.2) is 0 Å². The number of amides is 2. The molecule has 134 valence electrons. The summed E-state index contributed by atoms with van der Waals surface area (Å²) in [6.07, 6.45) is 3.32. The number of unbranched alkanes of at least 4 members (excludes halogenated alkanes) is 2. The Morgan fingerprint density at radius 2 is 1.78 bits per heavy atom. The predicted molar refractivity (Wildman–Crippen MR) is 91.2 cm³/mol. The first-order valence-corrected chi connectivity index (χ1v) is 8.83. The predicted octanol–water partition coefficient (Wildman–Crippen LogP) is 1.16. The number of hydrogen-bond donors (Lipinski definition) is 2. The highest BCUT2D eigenvalue weighted by Gasteiger charge is 2.23. The van der Waals surface area contributed by atoms with Crippen LogP contribution in [-0.2, 0) is 14.3 Å². The van der Waals surface area contributed by atoms with Crippen LogP contribution in [0.1, 0.15) is 46.5 Å². The average Bonchev–Trinajstić information content (AvgIpc) is 2.51. The van der Waals surface area contributed by atoms with Crippen molar-refractivity contribution in [2.45, 2.75) is 52.5 Å². The van der Waals surface area contributed by atoms with Crippen molar-refractivity contribution in [3.8, 4) is 0 Å². The molecule has 0 aliphatic carbocycles. The maximum Gasteiger partial charge on any atom is 0.220 e. The van der Waals surface area contributed by atoms with Crippen molar-refractivity contribution < 1.29 is 14.3 Å². The molecule has 0 bridgehead atoms. The first-order valence-electron chi connectivity index (χ1n) is 8.83. The number of rotatable bonds is 10. The molecule has 0 saturated carbocycles. The van der Waals surface area contributed by atoms with Crippen LogP contribution in [0.5, 0.6) is 0 Å². The van der Waals surface area contributed by atoms with E-state index in [-0.39, 0.29) is 11.8 Å². The number of ether oxygens (including phenoxy) is 1. The lowest BCUT2D eigenvalue weighted by molar-refractivity contribution is -0.122. The summed E-state index contributed by atoms with van der Waals surface area (Å²) in [5.74, 6) is 0.639. The zero-order valence-corrected chi connectivity index (χ0v) is 14.9. The molecule has 1 heterocycles. The first kappa shape index (κ1) is 19.9. The summed E-state index contributed by atoms with van der Waals surface area (Å²) in [7, 11) is 0. The van der Waals surface area contributed by atoms with Crippen molar-refractivity contribution in [1.82, 2.24) is 15.5 Å². The van der Waals surface area contributed by atoms with E-state index in [0.29, 0.717) is 31.5 Å². The number of carbonyl (C=O) groups is 2. The zero-order valence-electron chi connectivity index (χ0n) is 14.9. The molecule has 2 N–H and O–H groups in total. The van der Waals surface area contributed by atoms with E-state index in [1.807, 2.05) is 0 Å². The van der Waals surface area contributed by atoms with Crippen molar-refractivity contribution >= 4 is 11.8 Å². The van der Waals surface area contributed by atoms with E-state index < -0.39 is 0 Å². The molecule has 1 rings (SSSR count). The van der Waals surface area contributed by atoms with Crippen LogP contribution >= 0.6 is 0 Å². The van der Waals surface area contributed by atoms with Gasteiger partial charge < -0.3 is 15.4 Å². The van der Waals surface area contributed by atoms with Gasteiger partial charge in [0.2, 0.25) is 11.8 Å². The van der Waals surface area contributed by atoms with Gasteiger partial charge in [0.05, 0.1) is 13.2 Å². The second kappa shape index (κ2) is 11.4. The highest BCUT2D eigenvalue weighted by molar-refractivity contribution is 5.75. The van der Waals surface area contributed by atoms with E-state index in [2.05, 4.69) is 29.4 Å². The molecular weight excluding hydrogens is 294 g/mol. The van der Waals surface area contributed by atoms with Gasteiger partial charge in [-0.15, -0.1) is 0 Å². The highest BCUT2D eigenvalue weighted by atomic mass is 16.5. The highest BCUT2D eigenvalue weighted by Crippen LogP contribution is 2.12. The molecule has 1 aliphatic heterocycles. The maximum absolute atomic E-state index is 12.0. The fourth-order valence-electron chi connectivity index (χ4n) is 2.85. The van der Waals surface area contributed by atoms with Gasteiger partial charge in [-0.2, -0.15) is 0 Å². The van der Waals surface area contributed by atoms with Crippen LogP contribution in [0.3, 0.4) is 0 Å². The molecule has 6 nitrogen and oxygen atoms in total. The minimum absolute atomic E-state index is 0.00517. The molecule has 1 aliphatic rings. The Bertz CT molecular complexity index is 355. The normalized spacial score (nSPS) is 17.0. The van der Waals surface area contributed by atoms with Crippen molar-refractivity contribution in [3.63, 3.8) is 0 Å². The summed E-state index contributed by atoms with van der Waals surface area (Å²) in [6.45, 7) is 10.8. The maximum atomic E-state index is 12.0. The van der Waals surface area contributed by atoms with Crippen LogP contribution in [0.4, 0.5) is 0 Å². The third-order valence-electron chi connectivity index (χ3n) is 4.25. The minimum Gasteiger partial charge on any atom is -0.379 e. The number of carbonyl (C=O) groups excluding carboxylic acids is 2. The summed E-state index contributed by atoms with van der Waals surface area (Å²) < 4.78 is 5.40. The quantitative estimate of drug-likeness (QED) is 0.591. The SMILES string of the molecule is CC(=O)NCCCCCC(=O)NCC(C(C)C)N1CCOCC1. The van der Waals surface area contributed by atoms with Crippen molar-refractivity contribution in [2.75, 3.05) is 39.4 Å². The second-order valence-corrected chi connectivity index (χ2v) is 6.56. The van der Waals surface area contributed by atoms with Gasteiger partial charge >= 0.3 is 0 Å². The lowest BCUT2D eigenvalue weighted by Crippen LogP contribution is -2.51. The average molecular weight is 327 g/mol. The molecular formula is C17H33N3O3. The molecule has 0 radical (unpaired) electrons. The summed E-state index contributed by atoms with van der Waals surface area (Å²) in [6, 6.07) is 0.377. The van der Waals surface area contributed by atoms with Gasteiger partial charge in [0.1, 0.15) is 0 Å². The lowest BCUT2D eigenvalue weighted by Gasteiger charge is -2.36. The lowest BCUT2D eigenvalue weighted by atomic mass is 10.0. The Morgan fingerprint density at radius 1 is 1.09 bits per heavy atom. The number of morpholine rings is 1. The molecule has 0 aromatic carbocycles. The van der Waals surface area contributed by atoms with Gasteiger partial charge in [-0.05, 0) is 18.8 Å². The Balaban J connectivity index is 2.15. The molecule has 1 atom stereocenters. The molecule has 0 spiro atoms. The third-order valence-corrected chi connectivity index (χ3v) is 4.25. The Labute approximate surface area is 140 Å². The van der Waals surface area contributed by atoms with E-state index in [1.165, 1.54) is 6.92 Å². The number of nitrogens with zero attached hydrogens (tertiary/aromatic N) is 1. The summed E-state index contributed by atoms with van der Waals surface area (Å²) in [5.41, 5.74) is 0. The molecule has 2 amide bonds. The summed E-state index contributed by atoms with van der Waals surface area (Å²) in [5, 5.41) is 5.85. The molecule has 0 aromatic rings. The van der Waals surface area contributed by atoms with Gasteiger partial charge in [-0.1, -0.05) is 20.3 Å². The van der Waals surface area contributed by atoms with Gasteiger partial charge in [0.25, 0.3) is 0 Å². The third kappa shape index (κ3) is 8.91. The van der Waals surface area contributed by atoms with Crippen LogP contribution in [0.2, 0.25) is 0 Å². The molecule has 1 fully saturated rings. The van der Waals surface area contributed by atoms with E-state index in [4.69, 9.17) is 4.74 Å². The van der Waals surface area contributed by atoms with Crippen LogP contribution in [0, 0.1) is 5.92 Å². The topological polar surface area (TPSA) is 70.7 Å². The van der Waals surface area contributed by atoms with E-state index >= 15 is 0 Å².